The monoisotopic (exact) mass is 336 g/mol. The summed E-state index contributed by atoms with van der Waals surface area (Å²) in [5.74, 6) is -0.483. The highest BCUT2D eigenvalue weighted by Crippen LogP contribution is 2.08. The van der Waals surface area contributed by atoms with E-state index >= 15 is 0 Å². The van der Waals surface area contributed by atoms with Crippen molar-refractivity contribution in [2.75, 3.05) is 19.7 Å². The topological polar surface area (TPSA) is 78.9 Å². The lowest BCUT2D eigenvalue weighted by molar-refractivity contribution is -0.156. The second kappa shape index (κ2) is 9.27. The number of aliphatic hydroxyl groups excluding tert-OH is 1. The molecule has 0 aliphatic carbocycles. The van der Waals surface area contributed by atoms with Crippen LogP contribution in [0.2, 0.25) is 0 Å². The van der Waals surface area contributed by atoms with E-state index in [1.807, 2.05) is 30.3 Å². The van der Waals surface area contributed by atoms with Gasteiger partial charge < -0.3 is 20.1 Å². The van der Waals surface area contributed by atoms with Crippen LogP contribution in [0.15, 0.2) is 30.3 Å². The fraction of sp³-hybridized carbons (Fsp3) is 0.556. The minimum Gasteiger partial charge on any atom is -0.458 e. The van der Waals surface area contributed by atoms with Crippen molar-refractivity contribution in [3.63, 3.8) is 0 Å². The van der Waals surface area contributed by atoms with Gasteiger partial charge in [-0.05, 0) is 39.7 Å². The molecule has 0 saturated carbocycles. The SMILES string of the molecule is C[C@@H](NC(=O)N(CCO)CCc1ccccc1)C(=O)OC(C)(C)C. The second-order valence-electron chi connectivity index (χ2n) is 6.65. The number of ether oxygens (including phenoxy) is 1. The van der Waals surface area contributed by atoms with Crippen molar-refractivity contribution in [3.8, 4) is 0 Å². The van der Waals surface area contributed by atoms with Crippen molar-refractivity contribution >= 4 is 12.0 Å². The first kappa shape index (κ1) is 20.0. The Hall–Kier alpha value is -2.08. The highest BCUT2D eigenvalue weighted by Gasteiger charge is 2.24. The molecule has 0 radical (unpaired) electrons. The zero-order valence-electron chi connectivity index (χ0n) is 14.9. The number of nitrogens with zero attached hydrogens (tertiary/aromatic N) is 1. The van der Waals surface area contributed by atoms with E-state index in [0.29, 0.717) is 13.0 Å². The van der Waals surface area contributed by atoms with Crippen LogP contribution in [0.5, 0.6) is 0 Å². The van der Waals surface area contributed by atoms with Crippen molar-refractivity contribution < 1.29 is 19.4 Å². The number of amides is 2. The zero-order valence-corrected chi connectivity index (χ0v) is 14.9. The number of hydrogen-bond donors (Lipinski definition) is 2. The third kappa shape index (κ3) is 7.46. The lowest BCUT2D eigenvalue weighted by Gasteiger charge is -2.26. The first-order valence-corrected chi connectivity index (χ1v) is 8.16. The van der Waals surface area contributed by atoms with E-state index < -0.39 is 23.6 Å². The quantitative estimate of drug-likeness (QED) is 0.746. The normalized spacial score (nSPS) is 12.4. The van der Waals surface area contributed by atoms with Gasteiger partial charge in [-0.1, -0.05) is 30.3 Å². The van der Waals surface area contributed by atoms with Crippen molar-refractivity contribution in [3.05, 3.63) is 35.9 Å². The fourth-order valence-corrected chi connectivity index (χ4v) is 2.07. The van der Waals surface area contributed by atoms with Crippen LogP contribution < -0.4 is 5.32 Å². The lowest BCUT2D eigenvalue weighted by Crippen LogP contribution is -2.49. The standard InChI is InChI=1S/C18H28N2O4/c1-14(16(22)24-18(2,3)4)19-17(23)20(12-13-21)11-10-15-8-6-5-7-9-15/h5-9,14,21H,10-13H2,1-4H3,(H,19,23)/t14-/m1/s1. The van der Waals surface area contributed by atoms with Gasteiger partial charge in [-0.3, -0.25) is 0 Å². The van der Waals surface area contributed by atoms with Crippen molar-refractivity contribution in [1.29, 1.82) is 0 Å². The molecule has 0 fully saturated rings. The number of carbonyl (C=O) groups excluding carboxylic acids is 2. The summed E-state index contributed by atoms with van der Waals surface area (Å²) >= 11 is 0. The van der Waals surface area contributed by atoms with Crippen LogP contribution in [0.3, 0.4) is 0 Å². The van der Waals surface area contributed by atoms with Gasteiger partial charge in [0.15, 0.2) is 0 Å². The summed E-state index contributed by atoms with van der Waals surface area (Å²) in [5, 5.41) is 11.8. The van der Waals surface area contributed by atoms with Gasteiger partial charge in [0, 0.05) is 13.1 Å². The van der Waals surface area contributed by atoms with Crippen molar-refractivity contribution in [2.24, 2.45) is 0 Å². The molecular formula is C18H28N2O4. The van der Waals surface area contributed by atoms with Gasteiger partial charge in [0.1, 0.15) is 11.6 Å². The molecule has 1 rings (SSSR count). The summed E-state index contributed by atoms with van der Waals surface area (Å²) in [4.78, 5) is 25.8. The van der Waals surface area contributed by atoms with Crippen LogP contribution in [0.1, 0.15) is 33.3 Å². The van der Waals surface area contributed by atoms with E-state index in [-0.39, 0.29) is 13.2 Å². The van der Waals surface area contributed by atoms with Crippen molar-refractivity contribution in [2.45, 2.75) is 45.8 Å². The smallest absolute Gasteiger partial charge is 0.328 e. The Bertz CT molecular complexity index is 526. The molecule has 0 aliphatic heterocycles. The first-order chi connectivity index (χ1) is 11.2. The van der Waals surface area contributed by atoms with Gasteiger partial charge in [0.05, 0.1) is 6.61 Å². The molecule has 2 amide bonds. The maximum Gasteiger partial charge on any atom is 0.328 e. The summed E-state index contributed by atoms with van der Waals surface area (Å²) in [6.07, 6.45) is 0.676. The molecule has 6 nitrogen and oxygen atoms in total. The minimum atomic E-state index is -0.755. The maximum absolute atomic E-state index is 12.3. The molecule has 0 bridgehead atoms. The van der Waals surface area contributed by atoms with Gasteiger partial charge >= 0.3 is 12.0 Å². The van der Waals surface area contributed by atoms with Crippen LogP contribution in [0, 0.1) is 0 Å². The number of carbonyl (C=O) groups is 2. The predicted molar refractivity (Wildman–Crippen MR) is 92.6 cm³/mol. The Morgan fingerprint density at radius 1 is 1.21 bits per heavy atom. The maximum atomic E-state index is 12.3. The summed E-state index contributed by atoms with van der Waals surface area (Å²) < 4.78 is 5.25. The van der Waals surface area contributed by atoms with E-state index in [2.05, 4.69) is 5.32 Å². The average molecular weight is 336 g/mol. The van der Waals surface area contributed by atoms with Gasteiger partial charge in [-0.25, -0.2) is 9.59 Å². The van der Waals surface area contributed by atoms with Gasteiger partial charge in [0.25, 0.3) is 0 Å². The van der Waals surface area contributed by atoms with Crippen LogP contribution in [0.4, 0.5) is 4.79 Å². The largest absolute Gasteiger partial charge is 0.458 e. The number of esters is 1. The second-order valence-corrected chi connectivity index (χ2v) is 6.65. The molecule has 0 heterocycles. The lowest BCUT2D eigenvalue weighted by atomic mass is 10.1. The molecule has 1 atom stereocenters. The molecule has 1 aromatic carbocycles. The summed E-state index contributed by atoms with van der Waals surface area (Å²) in [5.41, 5.74) is 0.502. The van der Waals surface area contributed by atoms with Crippen LogP contribution >= 0.6 is 0 Å². The Morgan fingerprint density at radius 2 is 1.83 bits per heavy atom. The van der Waals surface area contributed by atoms with Crippen LogP contribution in [-0.2, 0) is 16.0 Å². The predicted octanol–water partition coefficient (Wildman–Crippen LogP) is 1.96. The summed E-state index contributed by atoms with van der Waals surface area (Å²) in [6.45, 7) is 7.44. The van der Waals surface area contributed by atoms with E-state index in [1.165, 1.54) is 4.90 Å². The van der Waals surface area contributed by atoms with Gasteiger partial charge in [-0.15, -0.1) is 0 Å². The first-order valence-electron chi connectivity index (χ1n) is 8.16. The number of hydrogen-bond acceptors (Lipinski definition) is 4. The highest BCUT2D eigenvalue weighted by molar-refractivity contribution is 5.83. The Balaban J connectivity index is 2.57. The van der Waals surface area contributed by atoms with Gasteiger partial charge in [-0.2, -0.15) is 0 Å². The number of nitrogens with one attached hydrogen (secondary N) is 1. The molecule has 24 heavy (non-hydrogen) atoms. The highest BCUT2D eigenvalue weighted by atomic mass is 16.6. The summed E-state index contributed by atoms with van der Waals surface area (Å²) in [7, 11) is 0. The molecule has 0 spiro atoms. The van der Waals surface area contributed by atoms with Crippen LogP contribution in [0.25, 0.3) is 0 Å². The van der Waals surface area contributed by atoms with E-state index in [0.717, 1.165) is 5.56 Å². The third-order valence-electron chi connectivity index (χ3n) is 3.27. The number of benzene rings is 1. The van der Waals surface area contributed by atoms with Gasteiger partial charge in [0.2, 0.25) is 0 Å². The molecule has 134 valence electrons. The molecule has 2 N–H and O–H groups in total. The molecule has 0 aromatic heterocycles. The minimum absolute atomic E-state index is 0.136. The number of rotatable bonds is 7. The number of aliphatic hydroxyl groups is 1. The molecule has 6 heteroatoms. The molecule has 0 unspecified atom stereocenters. The van der Waals surface area contributed by atoms with Crippen molar-refractivity contribution in [1.82, 2.24) is 10.2 Å². The van der Waals surface area contributed by atoms with Crippen LogP contribution in [-0.4, -0.2) is 53.3 Å². The molecule has 0 aliphatic rings. The number of urea groups is 1. The fourth-order valence-electron chi connectivity index (χ4n) is 2.07. The van der Waals surface area contributed by atoms with E-state index in [9.17, 15) is 9.59 Å². The zero-order chi connectivity index (χ0) is 18.2. The van der Waals surface area contributed by atoms with E-state index in [1.54, 1.807) is 27.7 Å². The molecule has 1 aromatic rings. The molecule has 0 saturated heterocycles. The van der Waals surface area contributed by atoms with E-state index in [4.69, 9.17) is 9.84 Å². The third-order valence-corrected chi connectivity index (χ3v) is 3.27. The Kier molecular flexibility index (Phi) is 7.71. The molecular weight excluding hydrogens is 308 g/mol. The Labute approximate surface area is 143 Å². The Morgan fingerprint density at radius 3 is 2.38 bits per heavy atom. The average Bonchev–Trinajstić information content (AvgIpc) is 2.50. The summed E-state index contributed by atoms with van der Waals surface area (Å²) in [6, 6.07) is 8.64.